The maximum Gasteiger partial charge on any atom is 0.289 e. The van der Waals surface area contributed by atoms with E-state index in [9.17, 15) is 4.79 Å². The molecule has 1 fully saturated rings. The maximum absolute atomic E-state index is 12.0. The number of rotatable bonds is 2. The van der Waals surface area contributed by atoms with E-state index in [4.69, 9.17) is 10.2 Å². The van der Waals surface area contributed by atoms with Gasteiger partial charge >= 0.3 is 0 Å². The lowest BCUT2D eigenvalue weighted by atomic mass is 10.2. The van der Waals surface area contributed by atoms with E-state index in [1.165, 1.54) is 0 Å². The molecular formula is C11H16N2O2. The van der Waals surface area contributed by atoms with Gasteiger partial charge in [-0.15, -0.1) is 0 Å². The Morgan fingerprint density at radius 3 is 3.00 bits per heavy atom. The maximum atomic E-state index is 12.0. The number of nitrogens with two attached hydrogens (primary N) is 1. The minimum Gasteiger partial charge on any atom is -0.455 e. The molecule has 1 aromatic heterocycles. The Kier molecular flexibility index (Phi) is 2.77. The van der Waals surface area contributed by atoms with Gasteiger partial charge < -0.3 is 15.1 Å². The van der Waals surface area contributed by atoms with Gasteiger partial charge in [-0.3, -0.25) is 4.79 Å². The summed E-state index contributed by atoms with van der Waals surface area (Å²) in [4.78, 5) is 13.8. The number of hydrogen-bond donors (Lipinski definition) is 1. The molecule has 1 aliphatic rings. The average molecular weight is 208 g/mol. The number of amides is 1. The number of likely N-dealkylation sites (tertiary alicyclic amines) is 1. The van der Waals surface area contributed by atoms with E-state index in [1.54, 1.807) is 12.1 Å². The highest BCUT2D eigenvalue weighted by molar-refractivity contribution is 5.91. The molecule has 4 heteroatoms. The van der Waals surface area contributed by atoms with Crippen LogP contribution in [-0.4, -0.2) is 23.4 Å². The van der Waals surface area contributed by atoms with Crippen molar-refractivity contribution < 1.29 is 9.21 Å². The third kappa shape index (κ3) is 1.90. The topological polar surface area (TPSA) is 59.5 Å². The number of carbonyl (C=O) groups excluding carboxylic acids is 1. The van der Waals surface area contributed by atoms with Crippen molar-refractivity contribution in [1.82, 2.24) is 4.90 Å². The summed E-state index contributed by atoms with van der Waals surface area (Å²) in [5, 5.41) is 0. The van der Waals surface area contributed by atoms with Gasteiger partial charge in [0.15, 0.2) is 5.76 Å². The molecule has 82 valence electrons. The van der Waals surface area contributed by atoms with Crippen molar-refractivity contribution in [3.63, 3.8) is 0 Å². The van der Waals surface area contributed by atoms with Crippen molar-refractivity contribution in [2.75, 3.05) is 6.54 Å². The zero-order valence-corrected chi connectivity index (χ0v) is 8.90. The minimum absolute atomic E-state index is 0.0142. The third-order valence-corrected chi connectivity index (χ3v) is 2.89. The normalized spacial score (nSPS) is 20.9. The summed E-state index contributed by atoms with van der Waals surface area (Å²) in [6, 6.07) is 3.78. The molecular weight excluding hydrogens is 192 g/mol. The Balaban J connectivity index is 2.13. The smallest absolute Gasteiger partial charge is 0.289 e. The lowest BCUT2D eigenvalue weighted by Crippen LogP contribution is -2.33. The fraction of sp³-hybridized carbons (Fsp3) is 0.545. The largest absolute Gasteiger partial charge is 0.455 e. The lowest BCUT2D eigenvalue weighted by molar-refractivity contribution is 0.0713. The second-order valence-electron chi connectivity index (χ2n) is 3.96. The monoisotopic (exact) mass is 208 g/mol. The SMILES string of the molecule is CC1CCCN1C(=O)c1ccc(CN)o1. The highest BCUT2D eigenvalue weighted by Gasteiger charge is 2.27. The molecule has 1 atom stereocenters. The lowest BCUT2D eigenvalue weighted by Gasteiger charge is -2.19. The quantitative estimate of drug-likeness (QED) is 0.798. The highest BCUT2D eigenvalue weighted by atomic mass is 16.4. The first-order chi connectivity index (χ1) is 7.22. The van der Waals surface area contributed by atoms with Gasteiger partial charge in [-0.25, -0.2) is 0 Å². The molecule has 0 spiro atoms. The van der Waals surface area contributed by atoms with E-state index < -0.39 is 0 Å². The molecule has 1 aliphatic heterocycles. The molecule has 0 radical (unpaired) electrons. The minimum atomic E-state index is -0.0142. The fourth-order valence-electron chi connectivity index (χ4n) is 1.98. The van der Waals surface area contributed by atoms with Gasteiger partial charge in [0, 0.05) is 12.6 Å². The van der Waals surface area contributed by atoms with Crippen LogP contribution in [0.3, 0.4) is 0 Å². The van der Waals surface area contributed by atoms with E-state index in [0.29, 0.717) is 24.1 Å². The van der Waals surface area contributed by atoms with E-state index in [0.717, 1.165) is 19.4 Å². The van der Waals surface area contributed by atoms with E-state index in [2.05, 4.69) is 6.92 Å². The summed E-state index contributed by atoms with van der Waals surface area (Å²) in [6.45, 7) is 3.24. The second-order valence-corrected chi connectivity index (χ2v) is 3.96. The van der Waals surface area contributed by atoms with Crippen LogP contribution in [0.5, 0.6) is 0 Å². The van der Waals surface area contributed by atoms with Crippen LogP contribution in [0.2, 0.25) is 0 Å². The zero-order chi connectivity index (χ0) is 10.8. The van der Waals surface area contributed by atoms with Gasteiger partial charge in [0.1, 0.15) is 5.76 Å². The fourth-order valence-corrected chi connectivity index (χ4v) is 1.98. The summed E-state index contributed by atoms with van der Waals surface area (Å²) in [6.07, 6.45) is 2.16. The summed E-state index contributed by atoms with van der Waals surface area (Å²) >= 11 is 0. The summed E-state index contributed by atoms with van der Waals surface area (Å²) in [5.74, 6) is 1.05. The molecule has 1 saturated heterocycles. The molecule has 15 heavy (non-hydrogen) atoms. The Hall–Kier alpha value is -1.29. The van der Waals surface area contributed by atoms with Crippen molar-refractivity contribution >= 4 is 5.91 Å². The van der Waals surface area contributed by atoms with Crippen LogP contribution in [0, 0.1) is 0 Å². The first-order valence-electron chi connectivity index (χ1n) is 5.32. The Morgan fingerprint density at radius 2 is 2.47 bits per heavy atom. The molecule has 1 unspecified atom stereocenters. The standard InChI is InChI=1S/C11H16N2O2/c1-8-3-2-6-13(8)11(14)10-5-4-9(7-12)15-10/h4-5,8H,2-3,6-7,12H2,1H3. The van der Waals surface area contributed by atoms with Gasteiger partial charge in [0.25, 0.3) is 5.91 Å². The van der Waals surface area contributed by atoms with Crippen LogP contribution in [-0.2, 0) is 6.54 Å². The van der Waals surface area contributed by atoms with Gasteiger partial charge in [-0.05, 0) is 31.9 Å². The summed E-state index contributed by atoms with van der Waals surface area (Å²) in [5.41, 5.74) is 5.43. The number of furan rings is 1. The van der Waals surface area contributed by atoms with Gasteiger partial charge in [0.2, 0.25) is 0 Å². The molecule has 0 aliphatic carbocycles. The Bertz CT molecular complexity index is 359. The van der Waals surface area contributed by atoms with Crippen LogP contribution in [0.1, 0.15) is 36.1 Å². The molecule has 1 aromatic rings. The summed E-state index contributed by atoms with van der Waals surface area (Å²) in [7, 11) is 0. The molecule has 0 aromatic carbocycles. The van der Waals surface area contributed by atoms with Crippen LogP contribution < -0.4 is 5.73 Å². The first kappa shape index (κ1) is 10.2. The van der Waals surface area contributed by atoms with E-state index in [-0.39, 0.29) is 5.91 Å². The van der Waals surface area contributed by atoms with Crippen LogP contribution >= 0.6 is 0 Å². The van der Waals surface area contributed by atoms with Gasteiger partial charge in [-0.1, -0.05) is 0 Å². The van der Waals surface area contributed by atoms with E-state index in [1.807, 2.05) is 4.90 Å². The number of hydrogen-bond acceptors (Lipinski definition) is 3. The zero-order valence-electron chi connectivity index (χ0n) is 8.90. The van der Waals surface area contributed by atoms with Crippen LogP contribution in [0.25, 0.3) is 0 Å². The van der Waals surface area contributed by atoms with Crippen LogP contribution in [0.15, 0.2) is 16.5 Å². The third-order valence-electron chi connectivity index (χ3n) is 2.89. The summed E-state index contributed by atoms with van der Waals surface area (Å²) < 4.78 is 5.34. The molecule has 2 heterocycles. The molecule has 2 rings (SSSR count). The highest BCUT2D eigenvalue weighted by Crippen LogP contribution is 2.20. The average Bonchev–Trinajstić information content (AvgIpc) is 2.84. The Labute approximate surface area is 89.0 Å². The molecule has 4 nitrogen and oxygen atoms in total. The van der Waals surface area contributed by atoms with Crippen molar-refractivity contribution in [3.8, 4) is 0 Å². The number of carbonyl (C=O) groups is 1. The van der Waals surface area contributed by atoms with Crippen molar-refractivity contribution in [1.29, 1.82) is 0 Å². The molecule has 1 amide bonds. The van der Waals surface area contributed by atoms with Crippen molar-refractivity contribution in [2.24, 2.45) is 5.73 Å². The molecule has 0 bridgehead atoms. The molecule has 0 saturated carbocycles. The Morgan fingerprint density at radius 1 is 1.67 bits per heavy atom. The predicted molar refractivity (Wildman–Crippen MR) is 56.3 cm³/mol. The van der Waals surface area contributed by atoms with Gasteiger partial charge in [-0.2, -0.15) is 0 Å². The van der Waals surface area contributed by atoms with Gasteiger partial charge in [0.05, 0.1) is 6.54 Å². The van der Waals surface area contributed by atoms with Crippen molar-refractivity contribution in [2.45, 2.75) is 32.4 Å². The van der Waals surface area contributed by atoms with E-state index >= 15 is 0 Å². The first-order valence-corrected chi connectivity index (χ1v) is 5.32. The number of nitrogens with zero attached hydrogens (tertiary/aromatic N) is 1. The van der Waals surface area contributed by atoms with Crippen LogP contribution in [0.4, 0.5) is 0 Å². The predicted octanol–water partition coefficient (Wildman–Crippen LogP) is 1.36. The molecule has 2 N–H and O–H groups in total. The second kappa shape index (κ2) is 4.06. The van der Waals surface area contributed by atoms with Crippen molar-refractivity contribution in [3.05, 3.63) is 23.7 Å².